The van der Waals surface area contributed by atoms with Crippen LogP contribution in [-0.2, 0) is 0 Å². The summed E-state index contributed by atoms with van der Waals surface area (Å²) in [5, 5.41) is 3.78. The fraction of sp³-hybridized carbons (Fsp3) is 0. The van der Waals surface area contributed by atoms with Gasteiger partial charge >= 0.3 is 5.97 Å². The third kappa shape index (κ3) is 4.03. The number of hydrogen-bond acceptors (Lipinski definition) is 5. The lowest BCUT2D eigenvalue weighted by atomic mass is 10.1. The van der Waals surface area contributed by atoms with Crippen LogP contribution in [0.5, 0.6) is 5.75 Å². The molecule has 0 radical (unpaired) electrons. The summed E-state index contributed by atoms with van der Waals surface area (Å²) in [6, 6.07) is 13.9. The first kappa shape index (κ1) is 15.4. The molecule has 1 aromatic carbocycles. The third-order valence-electron chi connectivity index (χ3n) is 3.01. The lowest BCUT2D eigenvalue weighted by Crippen LogP contribution is -2.06. The highest BCUT2D eigenvalue weighted by Gasteiger charge is 2.10. The number of ether oxygens (including phenoxy) is 1. The standard InChI is InChI=1S/C18H12O3S2/c19-16(10-9-15-3-1-11-22-15)13-5-7-14(8-6-13)21-18(20)17-4-2-12-23-17/h1-12H. The Morgan fingerprint density at radius 3 is 2.30 bits per heavy atom. The smallest absolute Gasteiger partial charge is 0.353 e. The molecular formula is C18H12O3S2. The van der Waals surface area contributed by atoms with Gasteiger partial charge in [-0.3, -0.25) is 4.79 Å². The normalized spacial score (nSPS) is 10.8. The number of allylic oxidation sites excluding steroid dienone is 1. The molecule has 0 spiro atoms. The fourth-order valence-corrected chi connectivity index (χ4v) is 3.10. The second-order valence-electron chi connectivity index (χ2n) is 4.60. The van der Waals surface area contributed by atoms with E-state index in [1.54, 1.807) is 59.9 Å². The zero-order chi connectivity index (χ0) is 16.1. The number of carbonyl (C=O) groups excluding carboxylic acids is 2. The van der Waals surface area contributed by atoms with E-state index in [4.69, 9.17) is 4.74 Å². The molecule has 0 unspecified atom stereocenters. The topological polar surface area (TPSA) is 43.4 Å². The van der Waals surface area contributed by atoms with Crippen LogP contribution in [0.15, 0.2) is 65.4 Å². The Kier molecular flexibility index (Phi) is 4.80. The van der Waals surface area contributed by atoms with E-state index in [1.807, 2.05) is 22.9 Å². The number of rotatable bonds is 5. The Labute approximate surface area is 141 Å². The molecule has 0 aliphatic carbocycles. The van der Waals surface area contributed by atoms with Gasteiger partial charge in [0.05, 0.1) is 0 Å². The van der Waals surface area contributed by atoms with Gasteiger partial charge in [0.15, 0.2) is 5.78 Å². The summed E-state index contributed by atoms with van der Waals surface area (Å²) < 4.78 is 5.26. The van der Waals surface area contributed by atoms with Gasteiger partial charge in [0.2, 0.25) is 0 Å². The summed E-state index contributed by atoms with van der Waals surface area (Å²) in [4.78, 5) is 25.5. The molecular weight excluding hydrogens is 328 g/mol. The summed E-state index contributed by atoms with van der Waals surface area (Å²) in [5.41, 5.74) is 0.550. The fourth-order valence-electron chi connectivity index (χ4n) is 1.88. The van der Waals surface area contributed by atoms with E-state index < -0.39 is 5.97 Å². The average molecular weight is 340 g/mol. The van der Waals surface area contributed by atoms with Crippen LogP contribution < -0.4 is 4.74 Å². The summed E-state index contributed by atoms with van der Waals surface area (Å²) in [5.74, 6) is -0.0617. The van der Waals surface area contributed by atoms with Gasteiger partial charge in [-0.05, 0) is 59.3 Å². The molecule has 3 rings (SSSR count). The minimum Gasteiger partial charge on any atom is -0.422 e. The molecule has 0 bridgehead atoms. The lowest BCUT2D eigenvalue weighted by molar-refractivity contribution is 0.0740. The highest BCUT2D eigenvalue weighted by atomic mass is 32.1. The molecule has 3 aromatic rings. The van der Waals surface area contributed by atoms with Crippen LogP contribution in [0, 0.1) is 0 Å². The van der Waals surface area contributed by atoms with E-state index in [9.17, 15) is 9.59 Å². The molecule has 0 atom stereocenters. The maximum absolute atomic E-state index is 12.1. The largest absolute Gasteiger partial charge is 0.422 e. The molecule has 0 saturated heterocycles. The average Bonchev–Trinajstić information content (AvgIpc) is 3.26. The molecule has 0 aliphatic heterocycles. The van der Waals surface area contributed by atoms with Crippen LogP contribution in [0.4, 0.5) is 0 Å². The molecule has 5 heteroatoms. The van der Waals surface area contributed by atoms with Gasteiger partial charge < -0.3 is 4.74 Å². The van der Waals surface area contributed by atoms with Gasteiger partial charge in [0, 0.05) is 10.4 Å². The predicted molar refractivity (Wildman–Crippen MR) is 93.4 cm³/mol. The molecule has 2 heterocycles. The van der Waals surface area contributed by atoms with Crippen molar-refractivity contribution in [2.45, 2.75) is 0 Å². The molecule has 2 aromatic heterocycles. The van der Waals surface area contributed by atoms with Crippen molar-refractivity contribution in [1.29, 1.82) is 0 Å². The number of ketones is 1. The van der Waals surface area contributed by atoms with Crippen LogP contribution in [0.2, 0.25) is 0 Å². The van der Waals surface area contributed by atoms with Gasteiger partial charge in [-0.25, -0.2) is 4.79 Å². The first-order valence-corrected chi connectivity index (χ1v) is 8.60. The van der Waals surface area contributed by atoms with Crippen molar-refractivity contribution in [1.82, 2.24) is 0 Å². The van der Waals surface area contributed by atoms with E-state index in [1.165, 1.54) is 11.3 Å². The Morgan fingerprint density at radius 2 is 1.65 bits per heavy atom. The zero-order valence-corrected chi connectivity index (χ0v) is 13.6. The van der Waals surface area contributed by atoms with Crippen molar-refractivity contribution in [2.24, 2.45) is 0 Å². The molecule has 114 valence electrons. The lowest BCUT2D eigenvalue weighted by Gasteiger charge is -2.03. The van der Waals surface area contributed by atoms with Crippen LogP contribution in [-0.4, -0.2) is 11.8 Å². The second kappa shape index (κ2) is 7.17. The molecule has 0 saturated carbocycles. The van der Waals surface area contributed by atoms with Crippen molar-refractivity contribution >= 4 is 40.5 Å². The molecule has 3 nitrogen and oxygen atoms in total. The maximum Gasteiger partial charge on any atom is 0.353 e. The SMILES string of the molecule is O=C(C=Cc1cccs1)c1ccc(OC(=O)c2cccs2)cc1. The Bertz CT molecular complexity index is 814. The maximum atomic E-state index is 12.1. The monoisotopic (exact) mass is 340 g/mol. The number of esters is 1. The Morgan fingerprint density at radius 1 is 0.913 bits per heavy atom. The zero-order valence-electron chi connectivity index (χ0n) is 12.0. The van der Waals surface area contributed by atoms with E-state index in [0.29, 0.717) is 16.2 Å². The Hall–Kier alpha value is -2.50. The summed E-state index contributed by atoms with van der Waals surface area (Å²) in [6.07, 6.45) is 3.33. The van der Waals surface area contributed by atoms with Gasteiger partial charge in [0.25, 0.3) is 0 Å². The predicted octanol–water partition coefficient (Wildman–Crippen LogP) is 4.92. The van der Waals surface area contributed by atoms with Crippen molar-refractivity contribution in [2.75, 3.05) is 0 Å². The quantitative estimate of drug-likeness (QED) is 0.286. The van der Waals surface area contributed by atoms with E-state index in [0.717, 1.165) is 4.88 Å². The summed E-state index contributed by atoms with van der Waals surface area (Å²) >= 11 is 2.90. The van der Waals surface area contributed by atoms with E-state index in [2.05, 4.69) is 0 Å². The number of thiophene rings is 2. The number of benzene rings is 1. The summed E-state index contributed by atoms with van der Waals surface area (Å²) in [6.45, 7) is 0. The van der Waals surface area contributed by atoms with Gasteiger partial charge in [-0.15, -0.1) is 22.7 Å². The van der Waals surface area contributed by atoms with E-state index in [-0.39, 0.29) is 5.78 Å². The van der Waals surface area contributed by atoms with Crippen molar-refractivity contribution in [3.05, 3.63) is 80.7 Å². The number of carbonyl (C=O) groups is 2. The molecule has 0 fully saturated rings. The minimum absolute atomic E-state index is 0.0884. The van der Waals surface area contributed by atoms with Crippen LogP contribution in [0.25, 0.3) is 6.08 Å². The Balaban J connectivity index is 1.65. The summed E-state index contributed by atoms with van der Waals surface area (Å²) in [7, 11) is 0. The molecule has 23 heavy (non-hydrogen) atoms. The van der Waals surface area contributed by atoms with Crippen LogP contribution >= 0.6 is 22.7 Å². The molecule has 0 N–H and O–H groups in total. The van der Waals surface area contributed by atoms with Gasteiger partial charge in [-0.2, -0.15) is 0 Å². The number of hydrogen-bond donors (Lipinski definition) is 0. The van der Waals surface area contributed by atoms with Gasteiger partial charge in [0.1, 0.15) is 10.6 Å². The van der Waals surface area contributed by atoms with Crippen molar-refractivity contribution < 1.29 is 14.3 Å². The van der Waals surface area contributed by atoms with Gasteiger partial charge in [-0.1, -0.05) is 12.1 Å². The first-order valence-electron chi connectivity index (χ1n) is 6.84. The van der Waals surface area contributed by atoms with Crippen molar-refractivity contribution in [3.63, 3.8) is 0 Å². The molecule has 0 aliphatic rings. The van der Waals surface area contributed by atoms with Crippen LogP contribution in [0.1, 0.15) is 24.9 Å². The van der Waals surface area contributed by atoms with Crippen molar-refractivity contribution in [3.8, 4) is 5.75 Å². The first-order chi connectivity index (χ1) is 11.2. The highest BCUT2D eigenvalue weighted by molar-refractivity contribution is 7.12. The highest BCUT2D eigenvalue weighted by Crippen LogP contribution is 2.17. The van der Waals surface area contributed by atoms with Crippen LogP contribution in [0.3, 0.4) is 0 Å². The van der Waals surface area contributed by atoms with E-state index >= 15 is 0 Å². The third-order valence-corrected chi connectivity index (χ3v) is 4.70. The second-order valence-corrected chi connectivity index (χ2v) is 6.53. The minimum atomic E-state index is -0.392. The molecule has 0 amide bonds.